The number of halogens is 2. The van der Waals surface area contributed by atoms with Crippen LogP contribution in [0.5, 0.6) is 5.75 Å². The molecule has 1 aromatic heterocycles. The first-order valence-electron chi connectivity index (χ1n) is 16.0. The van der Waals surface area contributed by atoms with Crippen molar-refractivity contribution >= 4 is 34.9 Å². The number of carbonyl (C=O) groups is 2. The highest BCUT2D eigenvalue weighted by Crippen LogP contribution is 2.36. The molecule has 5 rings (SSSR count). The highest BCUT2D eigenvalue weighted by Gasteiger charge is 2.25. The number of nitrogens with one attached hydrogen (secondary N) is 1. The second kappa shape index (κ2) is 15.5. The maximum atomic E-state index is 15.2. The maximum Gasteiger partial charge on any atom is 0.303 e. The van der Waals surface area contributed by atoms with E-state index in [1.807, 2.05) is 48.4 Å². The number of hydrogen-bond donors (Lipinski definition) is 3. The molecule has 4 aromatic rings. The van der Waals surface area contributed by atoms with Crippen molar-refractivity contribution in [3.8, 4) is 16.9 Å². The average Bonchev–Trinajstić information content (AvgIpc) is 3.50. The number of aryl methyl sites for hydroxylation is 1. The van der Waals surface area contributed by atoms with Crippen molar-refractivity contribution in [2.75, 3.05) is 23.4 Å². The Morgan fingerprint density at radius 1 is 1.15 bits per heavy atom. The van der Waals surface area contributed by atoms with E-state index >= 15 is 4.39 Å². The molecule has 248 valence electrons. The molecule has 0 saturated carbocycles. The van der Waals surface area contributed by atoms with Gasteiger partial charge in [0, 0.05) is 48.1 Å². The number of ether oxygens (including phenoxy) is 1. The molecule has 4 N–H and O–H groups in total. The lowest BCUT2D eigenvalue weighted by molar-refractivity contribution is -0.137. The number of nitrogens with zero attached hydrogens (tertiary/aromatic N) is 3. The smallest absolute Gasteiger partial charge is 0.303 e. The van der Waals surface area contributed by atoms with Crippen molar-refractivity contribution in [1.82, 2.24) is 9.78 Å². The van der Waals surface area contributed by atoms with Gasteiger partial charge >= 0.3 is 5.97 Å². The van der Waals surface area contributed by atoms with Crippen molar-refractivity contribution in [2.45, 2.75) is 71.5 Å². The van der Waals surface area contributed by atoms with Crippen LogP contribution < -0.4 is 20.7 Å². The van der Waals surface area contributed by atoms with Gasteiger partial charge in [-0.15, -0.1) is 0 Å². The van der Waals surface area contributed by atoms with Crippen LogP contribution in [0.3, 0.4) is 0 Å². The van der Waals surface area contributed by atoms with Crippen molar-refractivity contribution in [2.24, 2.45) is 5.73 Å². The van der Waals surface area contributed by atoms with Gasteiger partial charge in [-0.2, -0.15) is 5.10 Å². The molecular weight excluding hydrogens is 621 g/mol. The molecule has 1 amide bonds. The summed E-state index contributed by atoms with van der Waals surface area (Å²) in [6, 6.07) is 14.9. The van der Waals surface area contributed by atoms with Gasteiger partial charge in [-0.25, -0.2) is 4.39 Å². The molecule has 0 fully saturated rings. The fourth-order valence-electron chi connectivity index (χ4n) is 5.92. The molecule has 11 heteroatoms. The summed E-state index contributed by atoms with van der Waals surface area (Å²) in [5, 5.41) is 16.5. The number of nitrogens with two attached hydrogens (primary N) is 1. The second-order valence-corrected chi connectivity index (χ2v) is 12.4. The number of benzene rings is 3. The van der Waals surface area contributed by atoms with Crippen molar-refractivity contribution in [1.29, 1.82) is 0 Å². The van der Waals surface area contributed by atoms with E-state index in [-0.39, 0.29) is 23.9 Å². The molecule has 1 unspecified atom stereocenters. The molecule has 0 bridgehead atoms. The summed E-state index contributed by atoms with van der Waals surface area (Å²) in [6.45, 7) is 5.36. The Bertz CT molecular complexity index is 1720. The zero-order valence-electron chi connectivity index (χ0n) is 26.8. The third kappa shape index (κ3) is 8.50. The topological polar surface area (TPSA) is 123 Å². The van der Waals surface area contributed by atoms with Crippen molar-refractivity contribution < 1.29 is 23.8 Å². The largest absolute Gasteiger partial charge is 0.493 e. The number of carboxylic acids is 1. The number of carbonyl (C=O) groups excluding carboxylic acids is 1. The minimum absolute atomic E-state index is 0.0163. The van der Waals surface area contributed by atoms with E-state index in [9.17, 15) is 9.59 Å². The Hall–Kier alpha value is -4.41. The molecular formula is C36H41ClFN5O4. The molecule has 0 spiro atoms. The van der Waals surface area contributed by atoms with Gasteiger partial charge in [-0.05, 0) is 92.5 Å². The molecule has 0 aliphatic carbocycles. The van der Waals surface area contributed by atoms with Crippen molar-refractivity contribution in [3.05, 3.63) is 94.0 Å². The highest BCUT2D eigenvalue weighted by molar-refractivity contribution is 6.31. The molecule has 47 heavy (non-hydrogen) atoms. The number of fused-ring (bicyclic) bond motifs is 1. The monoisotopic (exact) mass is 661 g/mol. The predicted octanol–water partition coefficient (Wildman–Crippen LogP) is 7.10. The van der Waals surface area contributed by atoms with Gasteiger partial charge in [0.05, 0.1) is 30.5 Å². The highest BCUT2D eigenvalue weighted by atomic mass is 35.5. The molecule has 3 aromatic carbocycles. The Morgan fingerprint density at radius 2 is 1.96 bits per heavy atom. The number of hydrogen-bond acceptors (Lipinski definition) is 6. The van der Waals surface area contributed by atoms with E-state index in [2.05, 4.69) is 23.4 Å². The molecule has 1 aliphatic rings. The number of aliphatic carboxylic acids is 1. The quantitative estimate of drug-likeness (QED) is 0.0973. The lowest BCUT2D eigenvalue weighted by atomic mass is 9.93. The third-order valence-electron chi connectivity index (χ3n) is 8.56. The van der Waals surface area contributed by atoms with Crippen LogP contribution in [-0.4, -0.2) is 46.1 Å². The van der Waals surface area contributed by atoms with Crippen LogP contribution in [-0.2, 0) is 22.6 Å². The lowest BCUT2D eigenvalue weighted by Gasteiger charge is -2.31. The summed E-state index contributed by atoms with van der Waals surface area (Å²) in [4.78, 5) is 26.0. The number of aromatic nitrogens is 2. The van der Waals surface area contributed by atoms with E-state index in [1.165, 1.54) is 11.6 Å². The van der Waals surface area contributed by atoms with Crippen LogP contribution in [0, 0.1) is 19.7 Å². The van der Waals surface area contributed by atoms with E-state index in [0.29, 0.717) is 50.1 Å². The summed E-state index contributed by atoms with van der Waals surface area (Å²) >= 11 is 6.48. The molecule has 0 saturated heterocycles. The Morgan fingerprint density at radius 3 is 2.74 bits per heavy atom. The van der Waals surface area contributed by atoms with E-state index in [0.717, 1.165) is 46.5 Å². The molecule has 0 radical (unpaired) electrons. The maximum absolute atomic E-state index is 15.2. The molecule has 2 heterocycles. The minimum atomic E-state index is -0.886. The SMILES string of the molecule is Cc1cccc(OCCCC(=O)N2CCCc3c(-c4cnn(Cc5c(F)cc(NC(N)CCCC(=O)O)cc5Cl)c4)cccc32)c1C. The van der Waals surface area contributed by atoms with Gasteiger partial charge in [-0.1, -0.05) is 35.9 Å². The zero-order chi connectivity index (χ0) is 33.5. The predicted molar refractivity (Wildman–Crippen MR) is 183 cm³/mol. The summed E-state index contributed by atoms with van der Waals surface area (Å²) in [5.74, 6) is -0.451. The molecule has 1 aliphatic heterocycles. The lowest BCUT2D eigenvalue weighted by Crippen LogP contribution is -2.35. The zero-order valence-corrected chi connectivity index (χ0v) is 27.5. The Balaban J connectivity index is 1.22. The summed E-state index contributed by atoms with van der Waals surface area (Å²) in [5.41, 5.74) is 12.9. The number of rotatable bonds is 14. The average molecular weight is 662 g/mol. The van der Waals surface area contributed by atoms with Crippen molar-refractivity contribution in [3.63, 3.8) is 0 Å². The van der Waals surface area contributed by atoms with Crippen LogP contribution in [0.1, 0.15) is 60.8 Å². The van der Waals surface area contributed by atoms with Gasteiger partial charge in [0.25, 0.3) is 0 Å². The Kier molecular flexibility index (Phi) is 11.2. The fraction of sp³-hybridized carbons (Fsp3) is 0.361. The van der Waals surface area contributed by atoms with E-state index in [1.54, 1.807) is 16.9 Å². The summed E-state index contributed by atoms with van der Waals surface area (Å²) in [6.07, 6.45) is 6.63. The second-order valence-electron chi connectivity index (χ2n) is 12.0. The molecule has 9 nitrogen and oxygen atoms in total. The van der Waals surface area contributed by atoms with Crippen LogP contribution >= 0.6 is 11.6 Å². The third-order valence-corrected chi connectivity index (χ3v) is 8.90. The van der Waals surface area contributed by atoms with Crippen LogP contribution in [0.25, 0.3) is 11.1 Å². The normalized spacial score (nSPS) is 13.3. The minimum Gasteiger partial charge on any atom is -0.493 e. The van der Waals surface area contributed by atoms with Crippen LogP contribution in [0.15, 0.2) is 60.9 Å². The van der Waals surface area contributed by atoms with Gasteiger partial charge in [0.15, 0.2) is 0 Å². The van der Waals surface area contributed by atoms with Crippen LogP contribution in [0.2, 0.25) is 5.02 Å². The molecule has 1 atom stereocenters. The van der Waals surface area contributed by atoms with Gasteiger partial charge in [0.1, 0.15) is 11.6 Å². The van der Waals surface area contributed by atoms with Crippen LogP contribution in [0.4, 0.5) is 15.8 Å². The Labute approximate surface area is 279 Å². The summed E-state index contributed by atoms with van der Waals surface area (Å²) < 4.78 is 22.8. The van der Waals surface area contributed by atoms with E-state index < -0.39 is 18.0 Å². The van der Waals surface area contributed by atoms with Gasteiger partial charge < -0.3 is 25.8 Å². The van der Waals surface area contributed by atoms with Gasteiger partial charge in [-0.3, -0.25) is 14.3 Å². The first-order valence-corrected chi connectivity index (χ1v) is 16.3. The van der Waals surface area contributed by atoms with Gasteiger partial charge in [0.2, 0.25) is 5.91 Å². The number of carboxylic acid groups (broad SMARTS) is 1. The summed E-state index contributed by atoms with van der Waals surface area (Å²) in [7, 11) is 0. The first kappa shape index (κ1) is 33.9. The van der Waals surface area contributed by atoms with E-state index in [4.69, 9.17) is 27.2 Å². The fourth-order valence-corrected chi connectivity index (χ4v) is 6.19. The number of amides is 1. The standard InChI is InChI=1S/C36H41ClFN5O4/c1-23-8-3-12-33(24(23)2)47-17-7-14-35(44)43-16-6-10-28-27(9-4-11-32(28)43)25-20-40-42(21-25)22-29-30(37)18-26(19-31(29)38)41-34(39)13-5-15-36(45)46/h3-4,8-9,11-12,18-21,34,41H,5-7,10,13-17,22,39H2,1-2H3,(H,45,46). The first-order chi connectivity index (χ1) is 22.6. The number of anilines is 2.